The van der Waals surface area contributed by atoms with E-state index in [0.717, 1.165) is 39.3 Å². The van der Waals surface area contributed by atoms with Crippen molar-refractivity contribution < 1.29 is 46.1 Å². The molecule has 0 aliphatic carbocycles. The molecule has 0 amide bonds. The molecule has 0 fully saturated rings. The van der Waals surface area contributed by atoms with E-state index in [2.05, 4.69) is 45.1 Å². The predicted molar refractivity (Wildman–Crippen MR) is 122 cm³/mol. The molecule has 2 aromatic heterocycles. The summed E-state index contributed by atoms with van der Waals surface area (Å²) in [4.78, 5) is 33.0. The number of thiazole rings is 1. The van der Waals surface area contributed by atoms with E-state index in [-0.39, 0.29) is 0 Å². The molecule has 0 aromatic carbocycles. The van der Waals surface area contributed by atoms with Crippen LogP contribution in [0.3, 0.4) is 0 Å². The van der Waals surface area contributed by atoms with E-state index < -0.39 is 24.3 Å². The molecular formula is C21H29F6N5O4S. The number of halogens is 6. The lowest BCUT2D eigenvalue weighted by Crippen LogP contribution is -2.38. The van der Waals surface area contributed by atoms with Crippen molar-refractivity contribution in [1.29, 1.82) is 0 Å². The van der Waals surface area contributed by atoms with E-state index in [9.17, 15) is 26.3 Å². The SMILES string of the molecule is CCN(CC)CCC1CN(Cc2scnc2C)Cc2cncn21.O=C(O)C(F)(F)F.O=C(O)C(F)(F)F. The maximum atomic E-state index is 10.6. The molecule has 0 saturated carbocycles. The van der Waals surface area contributed by atoms with Gasteiger partial charge in [-0.25, -0.2) is 19.6 Å². The van der Waals surface area contributed by atoms with Crippen molar-refractivity contribution in [2.45, 2.75) is 58.7 Å². The Morgan fingerprint density at radius 3 is 2.08 bits per heavy atom. The van der Waals surface area contributed by atoms with E-state index in [1.165, 1.54) is 22.7 Å². The normalized spacial score (nSPS) is 15.8. The van der Waals surface area contributed by atoms with Crippen molar-refractivity contribution in [3.05, 3.63) is 34.3 Å². The summed E-state index contributed by atoms with van der Waals surface area (Å²) in [7, 11) is 0. The van der Waals surface area contributed by atoms with Crippen LogP contribution in [0.4, 0.5) is 26.3 Å². The second-order valence-electron chi connectivity index (χ2n) is 7.90. The molecule has 1 aliphatic rings. The van der Waals surface area contributed by atoms with E-state index in [0.29, 0.717) is 6.04 Å². The van der Waals surface area contributed by atoms with Gasteiger partial charge in [0.05, 0.1) is 23.2 Å². The number of nitrogens with zero attached hydrogens (tertiary/aromatic N) is 5. The molecule has 0 spiro atoms. The maximum absolute atomic E-state index is 10.6. The van der Waals surface area contributed by atoms with E-state index >= 15 is 0 Å². The summed E-state index contributed by atoms with van der Waals surface area (Å²) in [5.74, 6) is -5.51. The Labute approximate surface area is 213 Å². The molecule has 1 aliphatic heterocycles. The fraction of sp³-hybridized carbons (Fsp3) is 0.619. The van der Waals surface area contributed by atoms with E-state index in [1.807, 2.05) is 18.0 Å². The zero-order valence-corrected chi connectivity index (χ0v) is 21.2. The van der Waals surface area contributed by atoms with E-state index in [1.54, 1.807) is 11.3 Å². The molecule has 210 valence electrons. The Hall–Kier alpha value is -2.72. The van der Waals surface area contributed by atoms with Crippen LogP contribution < -0.4 is 0 Å². The van der Waals surface area contributed by atoms with Crippen molar-refractivity contribution in [3.8, 4) is 0 Å². The smallest absolute Gasteiger partial charge is 0.475 e. The zero-order valence-electron chi connectivity index (χ0n) is 20.4. The number of aromatic nitrogens is 3. The van der Waals surface area contributed by atoms with Crippen LogP contribution in [0, 0.1) is 6.92 Å². The highest BCUT2D eigenvalue weighted by atomic mass is 32.1. The third-order valence-corrected chi connectivity index (χ3v) is 6.28. The molecule has 1 unspecified atom stereocenters. The van der Waals surface area contributed by atoms with Gasteiger partial charge < -0.3 is 19.7 Å². The number of hydrogen-bond acceptors (Lipinski definition) is 7. The lowest BCUT2D eigenvalue weighted by atomic mass is 10.1. The van der Waals surface area contributed by atoms with Crippen molar-refractivity contribution in [1.82, 2.24) is 24.3 Å². The number of alkyl halides is 6. The largest absolute Gasteiger partial charge is 0.490 e. The van der Waals surface area contributed by atoms with Crippen LogP contribution in [-0.2, 0) is 22.7 Å². The summed E-state index contributed by atoms with van der Waals surface area (Å²) in [6.07, 6.45) is -4.95. The molecule has 0 saturated heterocycles. The Bertz CT molecular complexity index is 967. The third-order valence-electron chi connectivity index (χ3n) is 5.36. The highest BCUT2D eigenvalue weighted by Gasteiger charge is 2.38. The van der Waals surface area contributed by atoms with Crippen molar-refractivity contribution in [2.24, 2.45) is 0 Å². The Kier molecular flexibility index (Phi) is 12.5. The van der Waals surface area contributed by atoms with Crippen LogP contribution in [0.25, 0.3) is 0 Å². The Morgan fingerprint density at radius 1 is 1.11 bits per heavy atom. The number of hydrogen-bond donors (Lipinski definition) is 2. The van der Waals surface area contributed by atoms with Gasteiger partial charge in [0.1, 0.15) is 0 Å². The summed E-state index contributed by atoms with van der Waals surface area (Å²) in [5, 5.41) is 14.2. The average molecular weight is 562 g/mol. The molecular weight excluding hydrogens is 532 g/mol. The van der Waals surface area contributed by atoms with E-state index in [4.69, 9.17) is 19.8 Å². The highest BCUT2D eigenvalue weighted by Crippen LogP contribution is 2.26. The lowest BCUT2D eigenvalue weighted by Gasteiger charge is -2.35. The summed E-state index contributed by atoms with van der Waals surface area (Å²) in [6, 6.07) is 0.523. The minimum Gasteiger partial charge on any atom is -0.475 e. The van der Waals surface area contributed by atoms with Crippen LogP contribution in [0.2, 0.25) is 0 Å². The molecule has 3 rings (SSSR count). The predicted octanol–water partition coefficient (Wildman–Crippen LogP) is 4.20. The van der Waals surface area contributed by atoms with Gasteiger partial charge in [-0.05, 0) is 26.4 Å². The van der Waals surface area contributed by atoms with Gasteiger partial charge in [0, 0.05) is 43.3 Å². The van der Waals surface area contributed by atoms with Crippen LogP contribution in [-0.4, -0.2) is 85.0 Å². The van der Waals surface area contributed by atoms with Gasteiger partial charge >= 0.3 is 24.3 Å². The first kappa shape index (κ1) is 32.3. The first-order valence-corrected chi connectivity index (χ1v) is 11.9. The summed E-state index contributed by atoms with van der Waals surface area (Å²) in [6.45, 7) is 13.1. The second-order valence-corrected chi connectivity index (χ2v) is 8.84. The van der Waals surface area contributed by atoms with Crippen molar-refractivity contribution in [3.63, 3.8) is 0 Å². The molecule has 0 bridgehead atoms. The second kappa shape index (κ2) is 14.3. The van der Waals surface area contributed by atoms with Crippen LogP contribution in [0.1, 0.15) is 42.6 Å². The Balaban J connectivity index is 0.000000404. The van der Waals surface area contributed by atoms with Crippen LogP contribution >= 0.6 is 11.3 Å². The third kappa shape index (κ3) is 11.1. The molecule has 37 heavy (non-hydrogen) atoms. The number of carbonyl (C=O) groups is 2. The quantitative estimate of drug-likeness (QED) is 0.484. The number of aryl methyl sites for hydroxylation is 1. The highest BCUT2D eigenvalue weighted by molar-refractivity contribution is 7.09. The lowest BCUT2D eigenvalue weighted by molar-refractivity contribution is -0.193. The molecule has 2 N–H and O–H groups in total. The van der Waals surface area contributed by atoms with Gasteiger partial charge in [0.25, 0.3) is 0 Å². The molecule has 0 radical (unpaired) electrons. The van der Waals surface area contributed by atoms with Crippen molar-refractivity contribution >= 4 is 23.3 Å². The van der Waals surface area contributed by atoms with Gasteiger partial charge in [-0.3, -0.25) is 4.90 Å². The monoisotopic (exact) mass is 561 g/mol. The molecule has 3 heterocycles. The number of aliphatic carboxylic acids is 2. The van der Waals surface area contributed by atoms with Crippen LogP contribution in [0.5, 0.6) is 0 Å². The van der Waals surface area contributed by atoms with Crippen LogP contribution in [0.15, 0.2) is 18.0 Å². The number of rotatable bonds is 7. The topological polar surface area (TPSA) is 112 Å². The number of imidazole rings is 1. The number of carboxylic acids is 2. The van der Waals surface area contributed by atoms with Crippen molar-refractivity contribution in [2.75, 3.05) is 26.2 Å². The minimum absolute atomic E-state index is 0.523. The fourth-order valence-corrected chi connectivity index (χ4v) is 4.18. The van der Waals surface area contributed by atoms with Gasteiger partial charge in [-0.1, -0.05) is 13.8 Å². The molecule has 1 atom stereocenters. The summed E-state index contributed by atoms with van der Waals surface area (Å²) >= 11 is 1.77. The first-order valence-electron chi connectivity index (χ1n) is 11.0. The maximum Gasteiger partial charge on any atom is 0.490 e. The van der Waals surface area contributed by atoms with Gasteiger partial charge in [-0.2, -0.15) is 26.3 Å². The number of carboxylic acid groups (broad SMARTS) is 2. The fourth-order valence-electron chi connectivity index (χ4n) is 3.37. The molecule has 2 aromatic rings. The zero-order chi connectivity index (χ0) is 28.4. The van der Waals surface area contributed by atoms with Gasteiger partial charge in [-0.15, -0.1) is 11.3 Å². The molecule has 16 heteroatoms. The van der Waals surface area contributed by atoms with Gasteiger partial charge in [0.15, 0.2) is 0 Å². The summed E-state index contributed by atoms with van der Waals surface area (Å²) < 4.78 is 65.9. The average Bonchev–Trinajstić information content (AvgIpc) is 3.43. The Morgan fingerprint density at radius 2 is 1.65 bits per heavy atom. The summed E-state index contributed by atoms with van der Waals surface area (Å²) in [5.41, 5.74) is 4.47. The minimum atomic E-state index is -5.08. The standard InChI is InChI=1S/C17H27N5S.2C2HF3O2/c1-4-20(5-2)7-6-15-9-21(10-16-8-18-12-22(15)16)11-17-14(3)19-13-23-17;2*3-2(4,5)1(6)7/h8,12-13,15H,4-7,9-11H2,1-3H3;2*(H,6,7). The number of fused-ring (bicyclic) bond motifs is 1. The first-order chi connectivity index (χ1) is 17.1. The van der Waals surface area contributed by atoms with Gasteiger partial charge in [0.2, 0.25) is 0 Å². The molecule has 9 nitrogen and oxygen atoms in total.